The minimum Gasteiger partial charge on any atom is -0.449 e. The standard InChI is InChI=1S/C24H27NO3/c26-17-13-24(14-17)11-9-16(10-12-24)25-23(27)28-15-22-20-7-3-1-5-18(20)19-6-2-4-8-21(19)22/h1-8,16-17,22,26H,9-15H2,(H,25,27). The first-order valence-electron chi connectivity index (χ1n) is 10.4. The highest BCUT2D eigenvalue weighted by molar-refractivity contribution is 5.79. The number of alkyl carbamates (subject to hydrolysis) is 1. The molecule has 146 valence electrons. The molecule has 4 heteroatoms. The Balaban J connectivity index is 1.18. The predicted octanol–water partition coefficient (Wildman–Crippen LogP) is 4.61. The molecular weight excluding hydrogens is 350 g/mol. The molecule has 0 heterocycles. The molecule has 2 aromatic carbocycles. The molecule has 28 heavy (non-hydrogen) atoms. The van der Waals surface area contributed by atoms with Crippen LogP contribution in [-0.4, -0.2) is 30.0 Å². The molecule has 2 saturated carbocycles. The molecule has 2 N–H and O–H groups in total. The highest BCUT2D eigenvalue weighted by atomic mass is 16.5. The van der Waals surface area contributed by atoms with Gasteiger partial charge in [-0.15, -0.1) is 0 Å². The average Bonchev–Trinajstić information content (AvgIpc) is 3.01. The van der Waals surface area contributed by atoms with Crippen molar-refractivity contribution in [3.63, 3.8) is 0 Å². The largest absolute Gasteiger partial charge is 0.449 e. The van der Waals surface area contributed by atoms with Crippen LogP contribution in [0.2, 0.25) is 0 Å². The van der Waals surface area contributed by atoms with Crippen molar-refractivity contribution in [1.29, 1.82) is 0 Å². The number of nitrogens with one attached hydrogen (secondary N) is 1. The van der Waals surface area contributed by atoms with Crippen LogP contribution in [0.3, 0.4) is 0 Å². The van der Waals surface area contributed by atoms with E-state index >= 15 is 0 Å². The van der Waals surface area contributed by atoms with Crippen molar-refractivity contribution in [3.05, 3.63) is 59.7 Å². The Kier molecular flexibility index (Phi) is 4.39. The van der Waals surface area contributed by atoms with E-state index in [-0.39, 0.29) is 24.2 Å². The molecule has 2 aromatic rings. The molecule has 5 rings (SSSR count). The summed E-state index contributed by atoms with van der Waals surface area (Å²) in [4.78, 5) is 12.4. The first-order valence-corrected chi connectivity index (χ1v) is 10.4. The second-order valence-corrected chi connectivity index (χ2v) is 8.81. The highest BCUT2D eigenvalue weighted by Gasteiger charge is 2.45. The minimum absolute atomic E-state index is 0.101. The number of aliphatic hydroxyl groups excluding tert-OH is 1. The van der Waals surface area contributed by atoms with Gasteiger partial charge in [-0.3, -0.25) is 0 Å². The second-order valence-electron chi connectivity index (χ2n) is 8.81. The molecule has 0 aliphatic heterocycles. The summed E-state index contributed by atoms with van der Waals surface area (Å²) in [5.41, 5.74) is 5.30. The fourth-order valence-electron chi connectivity index (χ4n) is 5.53. The summed E-state index contributed by atoms with van der Waals surface area (Å²) in [5.74, 6) is 0.101. The summed E-state index contributed by atoms with van der Waals surface area (Å²) in [5, 5.41) is 12.7. The van der Waals surface area contributed by atoms with Crippen LogP contribution in [0.1, 0.15) is 55.6 Å². The number of amides is 1. The van der Waals surface area contributed by atoms with E-state index in [0.29, 0.717) is 12.0 Å². The maximum atomic E-state index is 12.4. The molecule has 0 saturated heterocycles. The molecule has 1 spiro atoms. The van der Waals surface area contributed by atoms with Crippen LogP contribution >= 0.6 is 0 Å². The Morgan fingerprint density at radius 3 is 2.14 bits per heavy atom. The van der Waals surface area contributed by atoms with Gasteiger partial charge in [0.1, 0.15) is 6.61 Å². The fourth-order valence-corrected chi connectivity index (χ4v) is 5.53. The van der Waals surface area contributed by atoms with Crippen molar-refractivity contribution in [2.75, 3.05) is 6.61 Å². The summed E-state index contributed by atoms with van der Waals surface area (Å²) in [7, 11) is 0. The van der Waals surface area contributed by atoms with Crippen molar-refractivity contribution < 1.29 is 14.6 Å². The van der Waals surface area contributed by atoms with Gasteiger partial charge in [-0.05, 0) is 66.2 Å². The SMILES string of the molecule is O=C(NC1CCC2(CC1)CC(O)C2)OCC1c2ccccc2-c2ccccc21. The number of ether oxygens (including phenoxy) is 1. The van der Waals surface area contributed by atoms with Gasteiger partial charge in [-0.25, -0.2) is 4.79 Å². The Hall–Kier alpha value is -2.33. The molecule has 0 bridgehead atoms. The number of carbonyl (C=O) groups excluding carboxylic acids is 1. The molecule has 0 atom stereocenters. The molecular formula is C24H27NO3. The first kappa shape index (κ1) is 17.7. The van der Waals surface area contributed by atoms with Crippen LogP contribution in [-0.2, 0) is 4.74 Å². The lowest BCUT2D eigenvalue weighted by molar-refractivity contribution is -0.0580. The molecule has 3 aliphatic carbocycles. The number of benzene rings is 2. The highest BCUT2D eigenvalue weighted by Crippen LogP contribution is 2.51. The molecule has 0 unspecified atom stereocenters. The number of hydrogen-bond donors (Lipinski definition) is 2. The summed E-state index contributed by atoms with van der Waals surface area (Å²) in [6.07, 6.45) is 5.61. The Labute approximate surface area is 165 Å². The number of fused-ring (bicyclic) bond motifs is 3. The van der Waals surface area contributed by atoms with Crippen molar-refractivity contribution >= 4 is 6.09 Å². The van der Waals surface area contributed by atoms with E-state index in [1.54, 1.807) is 0 Å². The van der Waals surface area contributed by atoms with Gasteiger partial charge >= 0.3 is 6.09 Å². The van der Waals surface area contributed by atoms with E-state index in [9.17, 15) is 9.90 Å². The van der Waals surface area contributed by atoms with E-state index < -0.39 is 0 Å². The van der Waals surface area contributed by atoms with E-state index in [0.717, 1.165) is 38.5 Å². The lowest BCUT2D eigenvalue weighted by Gasteiger charge is -2.49. The molecule has 3 aliphatic rings. The lowest BCUT2D eigenvalue weighted by atomic mass is 9.59. The van der Waals surface area contributed by atoms with Gasteiger partial charge in [-0.2, -0.15) is 0 Å². The average molecular weight is 377 g/mol. The van der Waals surface area contributed by atoms with Gasteiger partial charge in [-0.1, -0.05) is 48.5 Å². The first-order chi connectivity index (χ1) is 13.6. The zero-order valence-electron chi connectivity index (χ0n) is 16.1. The third-order valence-corrected chi connectivity index (χ3v) is 7.05. The van der Waals surface area contributed by atoms with Gasteiger partial charge in [0.25, 0.3) is 0 Å². The van der Waals surface area contributed by atoms with Crippen LogP contribution in [0.15, 0.2) is 48.5 Å². The van der Waals surface area contributed by atoms with Crippen LogP contribution in [0.25, 0.3) is 11.1 Å². The third-order valence-electron chi connectivity index (χ3n) is 7.05. The van der Waals surface area contributed by atoms with Gasteiger partial charge in [0.2, 0.25) is 0 Å². The number of rotatable bonds is 3. The topological polar surface area (TPSA) is 58.6 Å². The summed E-state index contributed by atoms with van der Waals surface area (Å²) >= 11 is 0. The number of aliphatic hydroxyl groups is 1. The molecule has 0 aromatic heterocycles. The van der Waals surface area contributed by atoms with Crippen LogP contribution < -0.4 is 5.32 Å². The van der Waals surface area contributed by atoms with Gasteiger partial charge in [0, 0.05) is 12.0 Å². The Morgan fingerprint density at radius 2 is 1.57 bits per heavy atom. The summed E-state index contributed by atoms with van der Waals surface area (Å²) < 4.78 is 5.66. The Bertz CT molecular complexity index is 831. The van der Waals surface area contributed by atoms with Crippen molar-refractivity contribution in [2.24, 2.45) is 5.41 Å². The number of carbonyl (C=O) groups is 1. The maximum Gasteiger partial charge on any atom is 0.407 e. The monoisotopic (exact) mass is 377 g/mol. The van der Waals surface area contributed by atoms with Crippen molar-refractivity contribution in [2.45, 2.75) is 56.6 Å². The quantitative estimate of drug-likeness (QED) is 0.821. The molecule has 4 nitrogen and oxygen atoms in total. The lowest BCUT2D eigenvalue weighted by Crippen LogP contribution is -2.47. The van der Waals surface area contributed by atoms with Gasteiger partial charge < -0.3 is 15.2 Å². The molecule has 2 fully saturated rings. The normalized spacial score (nSPS) is 28.3. The van der Waals surface area contributed by atoms with E-state index in [1.807, 2.05) is 12.1 Å². The second kappa shape index (κ2) is 6.93. The van der Waals surface area contributed by atoms with Gasteiger partial charge in [0.05, 0.1) is 6.10 Å². The minimum atomic E-state index is -0.309. The van der Waals surface area contributed by atoms with E-state index in [1.165, 1.54) is 22.3 Å². The fraction of sp³-hybridized carbons (Fsp3) is 0.458. The Morgan fingerprint density at radius 1 is 1.00 bits per heavy atom. The zero-order valence-corrected chi connectivity index (χ0v) is 16.1. The smallest absolute Gasteiger partial charge is 0.407 e. The van der Waals surface area contributed by atoms with Crippen LogP contribution in [0, 0.1) is 5.41 Å². The van der Waals surface area contributed by atoms with Crippen molar-refractivity contribution in [3.8, 4) is 11.1 Å². The summed E-state index contributed by atoms with van der Waals surface area (Å²) in [6.45, 7) is 0.364. The van der Waals surface area contributed by atoms with Gasteiger partial charge in [0.15, 0.2) is 0 Å². The molecule has 0 radical (unpaired) electrons. The molecule has 1 amide bonds. The van der Waals surface area contributed by atoms with E-state index in [4.69, 9.17) is 4.74 Å². The van der Waals surface area contributed by atoms with Crippen LogP contribution in [0.5, 0.6) is 0 Å². The van der Waals surface area contributed by atoms with E-state index in [2.05, 4.69) is 41.7 Å². The maximum absolute atomic E-state index is 12.4. The predicted molar refractivity (Wildman–Crippen MR) is 108 cm³/mol. The van der Waals surface area contributed by atoms with Crippen LogP contribution in [0.4, 0.5) is 4.79 Å². The zero-order chi connectivity index (χ0) is 19.1. The third kappa shape index (κ3) is 3.10. The summed E-state index contributed by atoms with van der Waals surface area (Å²) in [6, 6.07) is 17.0. The number of hydrogen-bond acceptors (Lipinski definition) is 3. The van der Waals surface area contributed by atoms with Crippen molar-refractivity contribution in [1.82, 2.24) is 5.32 Å².